The molecule has 1 aliphatic carbocycles. The Kier molecular flexibility index (Phi) is 8.90. The number of phenolic OH excluding ortho intramolecular Hbond substituents is 1. The van der Waals surface area contributed by atoms with Gasteiger partial charge in [0.25, 0.3) is 0 Å². The van der Waals surface area contributed by atoms with E-state index in [9.17, 15) is 5.11 Å². The van der Waals surface area contributed by atoms with Crippen LogP contribution in [-0.4, -0.2) is 68.2 Å². The minimum atomic E-state index is -0.170. The van der Waals surface area contributed by atoms with E-state index < -0.39 is 0 Å². The highest BCUT2D eigenvalue weighted by molar-refractivity contribution is 5.73. The van der Waals surface area contributed by atoms with Crippen LogP contribution in [0.5, 0.6) is 5.75 Å². The molecular weight excluding hydrogens is 472 g/mol. The fourth-order valence-corrected chi connectivity index (χ4v) is 5.60. The Bertz CT molecular complexity index is 1020. The lowest BCUT2D eigenvalue weighted by molar-refractivity contribution is -0.139. The van der Waals surface area contributed by atoms with E-state index >= 15 is 0 Å². The SMILES string of the molecule is COCO[C@H]1CN(c2ccc(O)c(-c3cc(C4CCC(C(C)(C)C)CC4)nc(N)n3)c2)C[C@@H]1OCOC. The van der Waals surface area contributed by atoms with E-state index in [0.717, 1.165) is 30.1 Å². The summed E-state index contributed by atoms with van der Waals surface area (Å²) in [6.45, 7) is 8.60. The van der Waals surface area contributed by atoms with E-state index in [1.54, 1.807) is 20.3 Å². The first-order valence-electron chi connectivity index (χ1n) is 13.1. The molecule has 9 nitrogen and oxygen atoms in total. The van der Waals surface area contributed by atoms with Crippen LogP contribution in [0.3, 0.4) is 0 Å². The monoisotopic (exact) mass is 514 g/mol. The van der Waals surface area contributed by atoms with Gasteiger partial charge in [-0.3, -0.25) is 0 Å². The quantitative estimate of drug-likeness (QED) is 0.465. The Balaban J connectivity index is 1.55. The molecule has 1 aromatic heterocycles. The van der Waals surface area contributed by atoms with Gasteiger partial charge >= 0.3 is 0 Å². The number of anilines is 2. The summed E-state index contributed by atoms with van der Waals surface area (Å²) in [4.78, 5) is 11.3. The van der Waals surface area contributed by atoms with Crippen LogP contribution in [0.1, 0.15) is 58.1 Å². The molecule has 2 aliphatic rings. The number of benzene rings is 1. The van der Waals surface area contributed by atoms with Crippen molar-refractivity contribution in [3.8, 4) is 17.0 Å². The third kappa shape index (κ3) is 6.71. The number of ether oxygens (including phenoxy) is 4. The molecule has 1 saturated heterocycles. The summed E-state index contributed by atoms with van der Waals surface area (Å²) in [7, 11) is 3.20. The molecule has 0 spiro atoms. The summed E-state index contributed by atoms with van der Waals surface area (Å²) in [5, 5.41) is 10.8. The van der Waals surface area contributed by atoms with Crippen molar-refractivity contribution in [2.24, 2.45) is 11.3 Å². The Labute approximate surface area is 220 Å². The van der Waals surface area contributed by atoms with Crippen molar-refractivity contribution in [2.45, 2.75) is 64.6 Å². The molecule has 2 aromatic rings. The number of methoxy groups -OCH3 is 2. The average Bonchev–Trinajstić information content (AvgIpc) is 3.28. The number of phenols is 1. The molecular formula is C28H42N4O5. The number of nitrogens with two attached hydrogens (primary N) is 1. The predicted molar refractivity (Wildman–Crippen MR) is 143 cm³/mol. The van der Waals surface area contributed by atoms with Gasteiger partial charge in [0.05, 0.1) is 5.69 Å². The third-order valence-corrected chi connectivity index (χ3v) is 7.77. The van der Waals surface area contributed by atoms with E-state index in [2.05, 4.69) is 35.6 Å². The number of aromatic hydroxyl groups is 1. The first-order valence-corrected chi connectivity index (χ1v) is 13.1. The van der Waals surface area contributed by atoms with Crippen molar-refractivity contribution in [1.29, 1.82) is 0 Å². The standard InChI is InChI=1S/C28H42N4O5/c1-28(2,3)19-8-6-18(7-9-19)22-13-23(31-27(29)30-22)21-12-20(10-11-24(21)33)32-14-25(36-16-34-4)26(15-32)37-17-35-5/h10-13,18-19,25-26,33H,6-9,14-17H2,1-5H3,(H2,29,30,31)/t18?,19?,25-,26-/m0/s1. The molecule has 1 aromatic carbocycles. The van der Waals surface area contributed by atoms with E-state index in [0.29, 0.717) is 35.7 Å². The van der Waals surface area contributed by atoms with Crippen LogP contribution in [0, 0.1) is 11.3 Å². The van der Waals surface area contributed by atoms with Gasteiger partial charge in [-0.15, -0.1) is 0 Å². The summed E-state index contributed by atoms with van der Waals surface area (Å²) >= 11 is 0. The van der Waals surface area contributed by atoms with Crippen molar-refractivity contribution in [3.05, 3.63) is 30.0 Å². The third-order valence-electron chi connectivity index (χ3n) is 7.77. The Morgan fingerprint density at radius 1 is 0.946 bits per heavy atom. The molecule has 3 N–H and O–H groups in total. The normalized spacial score (nSPS) is 24.5. The second-order valence-corrected chi connectivity index (χ2v) is 11.3. The Morgan fingerprint density at radius 3 is 2.14 bits per heavy atom. The molecule has 204 valence electrons. The van der Waals surface area contributed by atoms with Gasteiger partial charge in [0.15, 0.2) is 0 Å². The van der Waals surface area contributed by atoms with Crippen molar-refractivity contribution in [2.75, 3.05) is 51.5 Å². The fraction of sp³-hybridized carbons (Fsp3) is 0.643. The highest BCUT2D eigenvalue weighted by atomic mass is 16.7. The maximum atomic E-state index is 10.8. The molecule has 0 amide bonds. The van der Waals surface area contributed by atoms with Crippen LogP contribution < -0.4 is 10.6 Å². The van der Waals surface area contributed by atoms with Crippen LogP contribution >= 0.6 is 0 Å². The second-order valence-electron chi connectivity index (χ2n) is 11.3. The van der Waals surface area contributed by atoms with Gasteiger partial charge in [0.1, 0.15) is 31.5 Å². The maximum absolute atomic E-state index is 10.8. The van der Waals surface area contributed by atoms with Crippen molar-refractivity contribution >= 4 is 11.6 Å². The van der Waals surface area contributed by atoms with Crippen LogP contribution in [-0.2, 0) is 18.9 Å². The molecule has 1 aliphatic heterocycles. The topological polar surface area (TPSA) is 112 Å². The first-order chi connectivity index (χ1) is 17.7. The summed E-state index contributed by atoms with van der Waals surface area (Å²) < 4.78 is 21.9. The lowest BCUT2D eigenvalue weighted by Crippen LogP contribution is -2.31. The fourth-order valence-electron chi connectivity index (χ4n) is 5.60. The van der Waals surface area contributed by atoms with E-state index in [1.807, 2.05) is 18.2 Å². The van der Waals surface area contributed by atoms with E-state index in [1.165, 1.54) is 12.8 Å². The Hall–Kier alpha value is -2.46. The minimum Gasteiger partial charge on any atom is -0.507 e. The predicted octanol–water partition coefficient (Wildman–Crippen LogP) is 4.55. The van der Waals surface area contributed by atoms with E-state index in [4.69, 9.17) is 24.7 Å². The minimum absolute atomic E-state index is 0.155. The zero-order chi connectivity index (χ0) is 26.6. The van der Waals surface area contributed by atoms with Gasteiger partial charge in [0.2, 0.25) is 5.95 Å². The zero-order valence-corrected chi connectivity index (χ0v) is 22.8. The largest absolute Gasteiger partial charge is 0.507 e. The van der Waals surface area contributed by atoms with Crippen LogP contribution in [0.4, 0.5) is 11.6 Å². The highest BCUT2D eigenvalue weighted by Crippen LogP contribution is 2.43. The van der Waals surface area contributed by atoms with Gasteiger partial charge in [-0.25, -0.2) is 9.97 Å². The number of rotatable bonds is 9. The summed E-state index contributed by atoms with van der Waals surface area (Å²) in [6.07, 6.45) is 4.20. The average molecular weight is 515 g/mol. The van der Waals surface area contributed by atoms with Gasteiger partial charge < -0.3 is 34.7 Å². The molecule has 1 saturated carbocycles. The number of aromatic nitrogens is 2. The molecule has 2 atom stereocenters. The molecule has 0 radical (unpaired) electrons. The van der Waals surface area contributed by atoms with Gasteiger partial charge in [-0.2, -0.15) is 0 Å². The van der Waals surface area contributed by atoms with Crippen LogP contribution in [0.2, 0.25) is 0 Å². The van der Waals surface area contributed by atoms with Gasteiger partial charge in [-0.1, -0.05) is 20.8 Å². The summed E-state index contributed by atoms with van der Waals surface area (Å²) in [6, 6.07) is 7.54. The van der Waals surface area contributed by atoms with Gasteiger partial charge in [0, 0.05) is 50.2 Å². The second kappa shape index (κ2) is 11.9. The van der Waals surface area contributed by atoms with Gasteiger partial charge in [-0.05, 0) is 61.3 Å². The highest BCUT2D eigenvalue weighted by Gasteiger charge is 2.35. The molecule has 37 heavy (non-hydrogen) atoms. The van der Waals surface area contributed by atoms with E-state index in [-0.39, 0.29) is 37.5 Å². The number of hydrogen-bond acceptors (Lipinski definition) is 9. The summed E-state index contributed by atoms with van der Waals surface area (Å²) in [5.74, 6) is 1.46. The number of nitrogen functional groups attached to an aromatic ring is 1. The van der Waals surface area contributed by atoms with Crippen LogP contribution in [0.15, 0.2) is 24.3 Å². The molecule has 9 heteroatoms. The molecule has 0 unspecified atom stereocenters. The Morgan fingerprint density at radius 2 is 1.57 bits per heavy atom. The zero-order valence-electron chi connectivity index (χ0n) is 22.8. The van der Waals surface area contributed by atoms with Crippen molar-refractivity contribution < 1.29 is 24.1 Å². The van der Waals surface area contributed by atoms with Crippen molar-refractivity contribution in [3.63, 3.8) is 0 Å². The first kappa shape index (κ1) is 27.6. The summed E-state index contributed by atoms with van der Waals surface area (Å²) in [5.41, 5.74) is 9.66. The number of hydrogen-bond donors (Lipinski definition) is 2. The molecule has 2 fully saturated rings. The lowest BCUT2D eigenvalue weighted by atomic mass is 9.69. The lowest BCUT2D eigenvalue weighted by Gasteiger charge is -2.36. The number of nitrogens with zero attached hydrogens (tertiary/aromatic N) is 3. The maximum Gasteiger partial charge on any atom is 0.220 e. The smallest absolute Gasteiger partial charge is 0.220 e. The molecule has 2 heterocycles. The molecule has 4 rings (SSSR count). The van der Waals surface area contributed by atoms with Crippen molar-refractivity contribution in [1.82, 2.24) is 9.97 Å². The van der Waals surface area contributed by atoms with Crippen LogP contribution in [0.25, 0.3) is 11.3 Å². The molecule has 0 bridgehead atoms.